The molecule has 3 heteroatoms. The zero-order valence-electron chi connectivity index (χ0n) is 10.7. The molecule has 0 aliphatic carbocycles. The Bertz CT molecular complexity index is 204. The quantitative estimate of drug-likeness (QED) is 0.789. The lowest BCUT2D eigenvalue weighted by Crippen LogP contribution is -2.41. The molecule has 0 bridgehead atoms. The summed E-state index contributed by atoms with van der Waals surface area (Å²) in [5.74, 6) is 0.737. The number of nitrogens with zero attached hydrogens (tertiary/aromatic N) is 1. The number of ether oxygens (including phenoxy) is 1. The van der Waals surface area contributed by atoms with Crippen LogP contribution in [-0.4, -0.2) is 50.3 Å². The Labute approximate surface area is 99.5 Å². The van der Waals surface area contributed by atoms with Crippen LogP contribution in [0.3, 0.4) is 0 Å². The van der Waals surface area contributed by atoms with Crippen molar-refractivity contribution in [1.29, 1.82) is 0 Å². The number of hydrogen-bond acceptors (Lipinski definition) is 3. The maximum atomic E-state index is 5.46. The van der Waals surface area contributed by atoms with Crippen molar-refractivity contribution < 1.29 is 4.74 Å². The zero-order valence-corrected chi connectivity index (χ0v) is 10.7. The van der Waals surface area contributed by atoms with Gasteiger partial charge in [0, 0.05) is 18.7 Å². The van der Waals surface area contributed by atoms with E-state index in [4.69, 9.17) is 4.74 Å². The normalized spacial score (nSPS) is 34.9. The molecule has 0 saturated carbocycles. The second kappa shape index (κ2) is 5.99. The lowest BCUT2D eigenvalue weighted by atomic mass is 9.98. The first-order valence-corrected chi connectivity index (χ1v) is 6.78. The van der Waals surface area contributed by atoms with E-state index in [9.17, 15) is 0 Å². The third-order valence-electron chi connectivity index (χ3n) is 4.12. The van der Waals surface area contributed by atoms with Crippen LogP contribution in [0.1, 0.15) is 32.6 Å². The Hall–Kier alpha value is -0.120. The molecule has 0 aromatic heterocycles. The topological polar surface area (TPSA) is 24.5 Å². The second-order valence-electron chi connectivity index (χ2n) is 5.51. The highest BCUT2D eigenvalue weighted by molar-refractivity contribution is 4.81. The van der Waals surface area contributed by atoms with Gasteiger partial charge >= 0.3 is 0 Å². The van der Waals surface area contributed by atoms with E-state index in [1.54, 1.807) is 0 Å². The Kier molecular flexibility index (Phi) is 4.62. The predicted octanol–water partition coefficient (Wildman–Crippen LogP) is 1.49. The molecule has 3 unspecified atom stereocenters. The molecular formula is C13H26N2O. The summed E-state index contributed by atoms with van der Waals surface area (Å²) >= 11 is 0. The minimum absolute atomic E-state index is 0.621. The molecule has 0 aromatic carbocycles. The van der Waals surface area contributed by atoms with Gasteiger partial charge in [0.05, 0.1) is 6.61 Å². The van der Waals surface area contributed by atoms with Crippen LogP contribution in [0.5, 0.6) is 0 Å². The van der Waals surface area contributed by atoms with Gasteiger partial charge in [-0.25, -0.2) is 0 Å². The molecule has 2 heterocycles. The molecule has 0 radical (unpaired) electrons. The summed E-state index contributed by atoms with van der Waals surface area (Å²) in [6.45, 7) is 6.75. The fraction of sp³-hybridized carbons (Fsp3) is 1.00. The molecule has 94 valence electrons. The summed E-state index contributed by atoms with van der Waals surface area (Å²) in [6.07, 6.45) is 5.21. The van der Waals surface area contributed by atoms with Crippen LogP contribution in [0.15, 0.2) is 0 Å². The first kappa shape index (κ1) is 12.3. The van der Waals surface area contributed by atoms with E-state index in [0.717, 1.165) is 25.2 Å². The van der Waals surface area contributed by atoms with E-state index in [1.165, 1.54) is 38.8 Å². The molecule has 2 aliphatic heterocycles. The second-order valence-corrected chi connectivity index (χ2v) is 5.51. The molecule has 3 atom stereocenters. The molecule has 2 aliphatic rings. The van der Waals surface area contributed by atoms with E-state index in [1.807, 2.05) is 0 Å². The van der Waals surface area contributed by atoms with Crippen LogP contribution in [0.25, 0.3) is 0 Å². The van der Waals surface area contributed by atoms with Crippen LogP contribution >= 0.6 is 0 Å². The van der Waals surface area contributed by atoms with Gasteiger partial charge < -0.3 is 15.0 Å². The Morgan fingerprint density at radius 1 is 1.25 bits per heavy atom. The molecule has 1 N–H and O–H groups in total. The van der Waals surface area contributed by atoms with Crippen LogP contribution in [-0.2, 0) is 4.74 Å². The molecule has 2 saturated heterocycles. The van der Waals surface area contributed by atoms with Gasteiger partial charge in [-0.15, -0.1) is 0 Å². The van der Waals surface area contributed by atoms with Gasteiger partial charge in [-0.2, -0.15) is 0 Å². The summed E-state index contributed by atoms with van der Waals surface area (Å²) in [4.78, 5) is 2.45. The number of hydrogen-bond donors (Lipinski definition) is 1. The van der Waals surface area contributed by atoms with Crippen molar-refractivity contribution in [3.8, 4) is 0 Å². The highest BCUT2D eigenvalue weighted by Gasteiger charge is 2.24. The van der Waals surface area contributed by atoms with Gasteiger partial charge in [-0.1, -0.05) is 0 Å². The molecular weight excluding hydrogens is 200 g/mol. The molecule has 16 heavy (non-hydrogen) atoms. The first-order valence-electron chi connectivity index (χ1n) is 6.78. The summed E-state index contributed by atoms with van der Waals surface area (Å²) in [7, 11) is 2.23. The van der Waals surface area contributed by atoms with Crippen LogP contribution < -0.4 is 5.32 Å². The van der Waals surface area contributed by atoms with Crippen molar-refractivity contribution in [2.75, 3.05) is 33.4 Å². The van der Waals surface area contributed by atoms with Gasteiger partial charge in [0.15, 0.2) is 0 Å². The van der Waals surface area contributed by atoms with Crippen LogP contribution in [0.4, 0.5) is 0 Å². The average Bonchev–Trinajstić information content (AvgIpc) is 2.72. The maximum Gasteiger partial charge on any atom is 0.0509 e. The standard InChI is InChI=1S/C13H26N2O/c1-11(12-6-9-16-10-12)14-13-4-3-7-15(2)8-5-13/h11-14H,3-10H2,1-2H3. The SMILES string of the molecule is CC(NC1CCCN(C)CC1)C1CCOC1. The van der Waals surface area contributed by atoms with E-state index < -0.39 is 0 Å². The summed E-state index contributed by atoms with van der Waals surface area (Å²) in [5.41, 5.74) is 0. The van der Waals surface area contributed by atoms with Crippen molar-refractivity contribution in [2.24, 2.45) is 5.92 Å². The first-order chi connectivity index (χ1) is 7.75. The smallest absolute Gasteiger partial charge is 0.0509 e. The van der Waals surface area contributed by atoms with Crippen molar-refractivity contribution in [2.45, 2.75) is 44.7 Å². The predicted molar refractivity (Wildman–Crippen MR) is 66.7 cm³/mol. The fourth-order valence-corrected chi connectivity index (χ4v) is 2.86. The third kappa shape index (κ3) is 3.44. The number of rotatable bonds is 3. The molecule has 3 nitrogen and oxygen atoms in total. The Morgan fingerprint density at radius 3 is 2.88 bits per heavy atom. The Balaban J connectivity index is 1.74. The van der Waals surface area contributed by atoms with Crippen LogP contribution in [0, 0.1) is 5.92 Å². The summed E-state index contributed by atoms with van der Waals surface area (Å²) in [5, 5.41) is 3.81. The van der Waals surface area contributed by atoms with Crippen molar-refractivity contribution in [3.63, 3.8) is 0 Å². The largest absolute Gasteiger partial charge is 0.381 e. The number of nitrogens with one attached hydrogen (secondary N) is 1. The third-order valence-corrected chi connectivity index (χ3v) is 4.12. The van der Waals surface area contributed by atoms with E-state index in [2.05, 4.69) is 24.2 Å². The molecule has 2 fully saturated rings. The van der Waals surface area contributed by atoms with E-state index in [-0.39, 0.29) is 0 Å². The molecule has 0 amide bonds. The highest BCUT2D eigenvalue weighted by atomic mass is 16.5. The number of likely N-dealkylation sites (tertiary alicyclic amines) is 1. The van der Waals surface area contributed by atoms with Crippen molar-refractivity contribution in [1.82, 2.24) is 10.2 Å². The molecule has 0 spiro atoms. The van der Waals surface area contributed by atoms with Crippen LogP contribution in [0.2, 0.25) is 0 Å². The fourth-order valence-electron chi connectivity index (χ4n) is 2.86. The van der Waals surface area contributed by atoms with Gasteiger partial charge in [0.1, 0.15) is 0 Å². The average molecular weight is 226 g/mol. The van der Waals surface area contributed by atoms with E-state index >= 15 is 0 Å². The lowest BCUT2D eigenvalue weighted by molar-refractivity contribution is 0.176. The Morgan fingerprint density at radius 2 is 2.12 bits per heavy atom. The molecule has 2 rings (SSSR count). The van der Waals surface area contributed by atoms with Gasteiger partial charge in [-0.05, 0) is 58.7 Å². The minimum atomic E-state index is 0.621. The zero-order chi connectivity index (χ0) is 11.4. The lowest BCUT2D eigenvalue weighted by Gasteiger charge is -2.25. The summed E-state index contributed by atoms with van der Waals surface area (Å²) in [6, 6.07) is 1.34. The summed E-state index contributed by atoms with van der Waals surface area (Å²) < 4.78 is 5.46. The monoisotopic (exact) mass is 226 g/mol. The maximum absolute atomic E-state index is 5.46. The molecule has 0 aromatic rings. The van der Waals surface area contributed by atoms with Gasteiger partial charge in [0.2, 0.25) is 0 Å². The van der Waals surface area contributed by atoms with Crippen molar-refractivity contribution >= 4 is 0 Å². The van der Waals surface area contributed by atoms with Gasteiger partial charge in [0.25, 0.3) is 0 Å². The van der Waals surface area contributed by atoms with Gasteiger partial charge in [-0.3, -0.25) is 0 Å². The van der Waals surface area contributed by atoms with Crippen molar-refractivity contribution in [3.05, 3.63) is 0 Å². The highest BCUT2D eigenvalue weighted by Crippen LogP contribution is 2.18. The van der Waals surface area contributed by atoms with E-state index in [0.29, 0.717) is 6.04 Å². The minimum Gasteiger partial charge on any atom is -0.381 e.